The molecule has 0 radical (unpaired) electrons. The minimum absolute atomic E-state index is 0.253. The Bertz CT molecular complexity index is 808. The van der Waals surface area contributed by atoms with Crippen LogP contribution in [0.1, 0.15) is 50.2 Å². The fourth-order valence-electron chi connectivity index (χ4n) is 3.12. The third-order valence-corrected chi connectivity index (χ3v) is 4.37. The van der Waals surface area contributed by atoms with Crippen molar-refractivity contribution in [1.82, 2.24) is 25.1 Å². The van der Waals surface area contributed by atoms with Crippen LogP contribution in [0.25, 0.3) is 11.0 Å². The Morgan fingerprint density at radius 1 is 1.35 bits per heavy atom. The van der Waals surface area contributed by atoms with Gasteiger partial charge in [0.05, 0.1) is 11.4 Å². The second kappa shape index (κ2) is 5.64. The fourth-order valence-corrected chi connectivity index (χ4v) is 3.12. The normalized spacial score (nSPS) is 18.9. The van der Waals surface area contributed by atoms with E-state index in [4.69, 9.17) is 4.52 Å². The quantitative estimate of drug-likeness (QED) is 0.800. The average Bonchev–Trinajstić information content (AvgIpc) is 3.24. The van der Waals surface area contributed by atoms with Gasteiger partial charge in [0, 0.05) is 25.2 Å². The zero-order valence-electron chi connectivity index (χ0n) is 13.4. The first-order valence-electron chi connectivity index (χ1n) is 8.09. The summed E-state index contributed by atoms with van der Waals surface area (Å²) in [4.78, 5) is 18.9. The summed E-state index contributed by atoms with van der Waals surface area (Å²) in [6, 6.07) is 1.97. The third-order valence-electron chi connectivity index (χ3n) is 4.37. The molecule has 0 amide bonds. The summed E-state index contributed by atoms with van der Waals surface area (Å²) in [5.74, 6) is 3.02. The summed E-state index contributed by atoms with van der Waals surface area (Å²) in [6.07, 6.45) is 5.67. The number of fused-ring (bicyclic) bond motifs is 1. The number of anilines is 1. The van der Waals surface area contributed by atoms with Gasteiger partial charge in [-0.15, -0.1) is 0 Å². The molecule has 7 heteroatoms. The molecular weight excluding hydrogens is 292 g/mol. The molecule has 0 bridgehead atoms. The van der Waals surface area contributed by atoms with E-state index in [-0.39, 0.29) is 11.8 Å². The third kappa shape index (κ3) is 2.56. The summed E-state index contributed by atoms with van der Waals surface area (Å²) in [5.41, 5.74) is 1.93. The van der Waals surface area contributed by atoms with Gasteiger partial charge in [0.1, 0.15) is 11.8 Å². The molecular formula is C16H20N6O. The van der Waals surface area contributed by atoms with Crippen molar-refractivity contribution in [1.29, 1.82) is 0 Å². The van der Waals surface area contributed by atoms with Gasteiger partial charge in [0.25, 0.3) is 0 Å². The first-order valence-corrected chi connectivity index (χ1v) is 8.09. The van der Waals surface area contributed by atoms with Crippen molar-refractivity contribution in [2.75, 3.05) is 18.0 Å². The van der Waals surface area contributed by atoms with Gasteiger partial charge < -0.3 is 14.4 Å². The maximum Gasteiger partial charge on any atom is 0.231 e. The lowest BCUT2D eigenvalue weighted by Crippen LogP contribution is -2.35. The zero-order chi connectivity index (χ0) is 15.8. The van der Waals surface area contributed by atoms with Crippen LogP contribution in [0.5, 0.6) is 0 Å². The second-order valence-corrected chi connectivity index (χ2v) is 6.37. The van der Waals surface area contributed by atoms with Gasteiger partial charge in [-0.2, -0.15) is 4.98 Å². The smallest absolute Gasteiger partial charge is 0.231 e. The van der Waals surface area contributed by atoms with Crippen LogP contribution in [0.3, 0.4) is 0 Å². The molecule has 1 aliphatic heterocycles. The topological polar surface area (TPSA) is 83.7 Å². The molecule has 4 rings (SSSR count). The van der Waals surface area contributed by atoms with Crippen molar-refractivity contribution in [3.63, 3.8) is 0 Å². The monoisotopic (exact) mass is 312 g/mol. The summed E-state index contributed by atoms with van der Waals surface area (Å²) in [7, 11) is 0. The Balaban J connectivity index is 1.60. The first kappa shape index (κ1) is 14.2. The van der Waals surface area contributed by atoms with Crippen molar-refractivity contribution in [3.05, 3.63) is 30.3 Å². The average molecular weight is 312 g/mol. The van der Waals surface area contributed by atoms with Gasteiger partial charge in [-0.1, -0.05) is 19.0 Å². The van der Waals surface area contributed by atoms with E-state index in [2.05, 4.69) is 43.8 Å². The molecule has 1 N–H and O–H groups in total. The molecule has 23 heavy (non-hydrogen) atoms. The Morgan fingerprint density at radius 2 is 2.26 bits per heavy atom. The molecule has 120 valence electrons. The molecule has 1 aliphatic rings. The van der Waals surface area contributed by atoms with E-state index in [9.17, 15) is 0 Å². The van der Waals surface area contributed by atoms with E-state index < -0.39 is 0 Å². The van der Waals surface area contributed by atoms with Crippen LogP contribution in [0.2, 0.25) is 0 Å². The van der Waals surface area contributed by atoms with Gasteiger partial charge >= 0.3 is 0 Å². The Labute approximate surface area is 134 Å². The number of hydrogen-bond donors (Lipinski definition) is 1. The van der Waals surface area contributed by atoms with Gasteiger partial charge in [-0.3, -0.25) is 0 Å². The number of aromatic amines is 1. The SMILES string of the molecule is CC(C)c1noc(C2CCCN(c3ncnc4cc[nH]c34)C2)n1. The van der Waals surface area contributed by atoms with Gasteiger partial charge in [0.2, 0.25) is 5.89 Å². The van der Waals surface area contributed by atoms with Crippen molar-refractivity contribution in [3.8, 4) is 0 Å². The lowest BCUT2D eigenvalue weighted by atomic mass is 9.98. The molecule has 0 aliphatic carbocycles. The maximum absolute atomic E-state index is 5.49. The standard InChI is InChI=1S/C16H20N6O/c1-10(2)14-20-16(23-21-14)11-4-3-7-22(8-11)15-13-12(5-6-17-13)18-9-19-15/h5-6,9-11,17H,3-4,7-8H2,1-2H3. The first-order chi connectivity index (χ1) is 11.2. The van der Waals surface area contributed by atoms with Crippen LogP contribution in [-0.2, 0) is 0 Å². The number of piperidine rings is 1. The molecule has 7 nitrogen and oxygen atoms in total. The van der Waals surface area contributed by atoms with E-state index in [0.717, 1.165) is 54.5 Å². The van der Waals surface area contributed by atoms with Crippen LogP contribution >= 0.6 is 0 Å². The van der Waals surface area contributed by atoms with E-state index in [1.54, 1.807) is 6.33 Å². The predicted molar refractivity (Wildman–Crippen MR) is 86.5 cm³/mol. The maximum atomic E-state index is 5.49. The largest absolute Gasteiger partial charge is 0.357 e. The number of H-pyrrole nitrogens is 1. The number of nitrogens with one attached hydrogen (secondary N) is 1. The van der Waals surface area contributed by atoms with Crippen LogP contribution in [0, 0.1) is 0 Å². The fraction of sp³-hybridized carbons (Fsp3) is 0.500. The highest BCUT2D eigenvalue weighted by Gasteiger charge is 2.28. The van der Waals surface area contributed by atoms with E-state index in [1.807, 2.05) is 12.3 Å². The Kier molecular flexibility index (Phi) is 3.48. The van der Waals surface area contributed by atoms with E-state index in [0.29, 0.717) is 0 Å². The molecule has 3 aromatic rings. The molecule has 0 aromatic carbocycles. The minimum atomic E-state index is 0.253. The highest BCUT2D eigenvalue weighted by molar-refractivity contribution is 5.85. The molecule has 1 saturated heterocycles. The zero-order valence-corrected chi connectivity index (χ0v) is 13.4. The molecule has 0 saturated carbocycles. The molecule has 1 atom stereocenters. The molecule has 4 heterocycles. The van der Waals surface area contributed by atoms with Crippen LogP contribution in [-0.4, -0.2) is 38.2 Å². The van der Waals surface area contributed by atoms with Crippen LogP contribution in [0.4, 0.5) is 5.82 Å². The second-order valence-electron chi connectivity index (χ2n) is 6.37. The summed E-state index contributed by atoms with van der Waals surface area (Å²) in [5, 5.41) is 4.09. The summed E-state index contributed by atoms with van der Waals surface area (Å²) in [6.45, 7) is 5.97. The predicted octanol–water partition coefficient (Wildman–Crippen LogP) is 2.85. The van der Waals surface area contributed by atoms with Gasteiger partial charge in [0.15, 0.2) is 11.6 Å². The highest BCUT2D eigenvalue weighted by atomic mass is 16.5. The molecule has 3 aromatic heterocycles. The van der Waals surface area contributed by atoms with Crippen molar-refractivity contribution in [2.24, 2.45) is 0 Å². The van der Waals surface area contributed by atoms with E-state index >= 15 is 0 Å². The number of aromatic nitrogens is 5. The lowest BCUT2D eigenvalue weighted by Gasteiger charge is -2.32. The van der Waals surface area contributed by atoms with Gasteiger partial charge in [-0.05, 0) is 18.9 Å². The Hall–Kier alpha value is -2.44. The van der Waals surface area contributed by atoms with Crippen LogP contribution < -0.4 is 4.90 Å². The number of rotatable bonds is 3. The lowest BCUT2D eigenvalue weighted by molar-refractivity contribution is 0.329. The van der Waals surface area contributed by atoms with Crippen LogP contribution in [0.15, 0.2) is 23.1 Å². The molecule has 0 spiro atoms. The number of hydrogen-bond acceptors (Lipinski definition) is 6. The van der Waals surface area contributed by atoms with Crippen molar-refractivity contribution >= 4 is 16.9 Å². The minimum Gasteiger partial charge on any atom is -0.357 e. The highest BCUT2D eigenvalue weighted by Crippen LogP contribution is 2.31. The molecule has 1 fully saturated rings. The Morgan fingerprint density at radius 3 is 3.09 bits per heavy atom. The van der Waals surface area contributed by atoms with Gasteiger partial charge in [-0.25, -0.2) is 9.97 Å². The summed E-state index contributed by atoms with van der Waals surface area (Å²) >= 11 is 0. The molecule has 1 unspecified atom stereocenters. The number of nitrogens with zero attached hydrogens (tertiary/aromatic N) is 5. The summed E-state index contributed by atoms with van der Waals surface area (Å²) < 4.78 is 5.49. The van der Waals surface area contributed by atoms with Crippen molar-refractivity contribution in [2.45, 2.75) is 38.5 Å². The van der Waals surface area contributed by atoms with E-state index in [1.165, 1.54) is 0 Å². The van der Waals surface area contributed by atoms with Crippen molar-refractivity contribution < 1.29 is 4.52 Å².